The van der Waals surface area contributed by atoms with Crippen molar-refractivity contribution in [1.82, 2.24) is 15.0 Å². The van der Waals surface area contributed by atoms with E-state index in [4.69, 9.17) is 4.74 Å². The zero-order valence-electron chi connectivity index (χ0n) is 13.0. The van der Waals surface area contributed by atoms with E-state index in [9.17, 15) is 4.39 Å². The van der Waals surface area contributed by atoms with Gasteiger partial charge in [-0.05, 0) is 17.7 Å². The van der Waals surface area contributed by atoms with Crippen LogP contribution >= 0.6 is 0 Å². The van der Waals surface area contributed by atoms with E-state index in [1.165, 1.54) is 19.5 Å². The van der Waals surface area contributed by atoms with Crippen LogP contribution in [0, 0.1) is 5.82 Å². The number of fused-ring (bicyclic) bond motifs is 1. The Labute approximate surface area is 138 Å². The van der Waals surface area contributed by atoms with E-state index < -0.39 is 5.82 Å². The van der Waals surface area contributed by atoms with Crippen LogP contribution in [0.2, 0.25) is 0 Å². The molecule has 0 fully saturated rings. The smallest absolute Gasteiger partial charge is 0.154 e. The third-order valence-electron chi connectivity index (χ3n) is 3.95. The van der Waals surface area contributed by atoms with Crippen molar-refractivity contribution in [2.45, 2.75) is 0 Å². The average Bonchev–Trinajstić information content (AvgIpc) is 3.01. The number of methoxy groups -OCH3 is 1. The zero-order valence-corrected chi connectivity index (χ0v) is 13.0. The number of halogens is 1. The number of hydrogen-bond donors (Lipinski definition) is 1. The predicted octanol–water partition coefficient (Wildman–Crippen LogP) is 4.44. The normalized spacial score (nSPS) is 10.9. The molecule has 118 valence electrons. The van der Waals surface area contributed by atoms with E-state index in [0.717, 1.165) is 22.2 Å². The summed E-state index contributed by atoms with van der Waals surface area (Å²) < 4.78 is 19.9. The molecule has 0 aliphatic carbocycles. The molecule has 4 rings (SSSR count). The van der Waals surface area contributed by atoms with Crippen molar-refractivity contribution >= 4 is 11.0 Å². The molecule has 0 saturated heterocycles. The minimum absolute atomic E-state index is 0.351. The van der Waals surface area contributed by atoms with Gasteiger partial charge in [0.15, 0.2) is 5.82 Å². The van der Waals surface area contributed by atoms with E-state index >= 15 is 0 Å². The van der Waals surface area contributed by atoms with Gasteiger partial charge in [-0.3, -0.25) is 9.97 Å². The van der Waals surface area contributed by atoms with Crippen molar-refractivity contribution in [3.8, 4) is 28.1 Å². The number of nitrogens with zero attached hydrogens (tertiary/aromatic N) is 2. The highest BCUT2D eigenvalue weighted by Crippen LogP contribution is 2.41. The molecule has 24 heavy (non-hydrogen) atoms. The first-order chi connectivity index (χ1) is 11.8. The van der Waals surface area contributed by atoms with Gasteiger partial charge in [0.25, 0.3) is 0 Å². The number of ether oxygens (including phenoxy) is 1. The van der Waals surface area contributed by atoms with Crippen molar-refractivity contribution < 1.29 is 9.13 Å². The van der Waals surface area contributed by atoms with Crippen LogP contribution in [0.4, 0.5) is 4.39 Å². The Hall–Kier alpha value is -3.21. The molecule has 0 atom stereocenters. The molecule has 0 aliphatic rings. The first-order valence-corrected chi connectivity index (χ1v) is 7.49. The van der Waals surface area contributed by atoms with E-state index in [1.54, 1.807) is 6.20 Å². The fourth-order valence-corrected chi connectivity index (χ4v) is 2.91. The topological polar surface area (TPSA) is 50.8 Å². The molecule has 0 bridgehead atoms. The lowest BCUT2D eigenvalue weighted by atomic mass is 10.0. The maximum Gasteiger partial charge on any atom is 0.154 e. The van der Waals surface area contributed by atoms with Crippen LogP contribution in [-0.2, 0) is 0 Å². The third kappa shape index (κ3) is 2.22. The first kappa shape index (κ1) is 14.4. The molecular formula is C19H14FN3O. The lowest BCUT2D eigenvalue weighted by Crippen LogP contribution is -1.95. The molecule has 0 amide bonds. The standard InChI is InChI=1S/C19H14FN3O/c1-24-15-11-21-10-13(20)17(15)19-16(12-6-3-2-4-7-12)18-14(23-19)8-5-9-22-18/h2-11,23H,1H3. The Morgan fingerprint density at radius 2 is 1.83 bits per heavy atom. The highest BCUT2D eigenvalue weighted by molar-refractivity contribution is 6.02. The summed E-state index contributed by atoms with van der Waals surface area (Å²) in [7, 11) is 1.50. The van der Waals surface area contributed by atoms with Crippen LogP contribution in [0.15, 0.2) is 61.1 Å². The summed E-state index contributed by atoms with van der Waals surface area (Å²) in [6, 6.07) is 13.6. The van der Waals surface area contributed by atoms with Gasteiger partial charge in [-0.25, -0.2) is 4.39 Å². The van der Waals surface area contributed by atoms with Gasteiger partial charge in [0, 0.05) is 11.8 Å². The van der Waals surface area contributed by atoms with Gasteiger partial charge in [0.05, 0.1) is 41.8 Å². The summed E-state index contributed by atoms with van der Waals surface area (Å²) in [6.07, 6.45) is 4.42. The molecule has 1 N–H and O–H groups in total. The number of rotatable bonds is 3. The fourth-order valence-electron chi connectivity index (χ4n) is 2.91. The minimum Gasteiger partial charge on any atom is -0.494 e. The second-order valence-electron chi connectivity index (χ2n) is 5.34. The monoisotopic (exact) mass is 319 g/mol. The second-order valence-corrected chi connectivity index (χ2v) is 5.34. The van der Waals surface area contributed by atoms with E-state index in [-0.39, 0.29) is 0 Å². The van der Waals surface area contributed by atoms with Gasteiger partial charge < -0.3 is 9.72 Å². The molecule has 3 heterocycles. The molecule has 4 aromatic rings. The Balaban J connectivity index is 2.11. The summed E-state index contributed by atoms with van der Waals surface area (Å²) in [5.41, 5.74) is 4.41. The summed E-state index contributed by atoms with van der Waals surface area (Å²) in [5, 5.41) is 0. The lowest BCUT2D eigenvalue weighted by Gasteiger charge is -2.10. The van der Waals surface area contributed by atoms with Gasteiger partial charge >= 0.3 is 0 Å². The Bertz CT molecular complexity index is 1010. The van der Waals surface area contributed by atoms with Crippen LogP contribution in [0.1, 0.15) is 0 Å². The number of nitrogens with one attached hydrogen (secondary N) is 1. The lowest BCUT2D eigenvalue weighted by molar-refractivity contribution is 0.411. The van der Waals surface area contributed by atoms with Crippen molar-refractivity contribution in [2.75, 3.05) is 7.11 Å². The molecule has 1 aromatic carbocycles. The molecule has 5 heteroatoms. The molecule has 0 saturated carbocycles. The number of benzene rings is 1. The summed E-state index contributed by atoms with van der Waals surface area (Å²) in [4.78, 5) is 11.6. The summed E-state index contributed by atoms with van der Waals surface area (Å²) >= 11 is 0. The van der Waals surface area contributed by atoms with Crippen molar-refractivity contribution in [3.63, 3.8) is 0 Å². The van der Waals surface area contributed by atoms with Gasteiger partial charge in [-0.2, -0.15) is 0 Å². The van der Waals surface area contributed by atoms with E-state index in [1.807, 2.05) is 42.5 Å². The largest absolute Gasteiger partial charge is 0.494 e. The maximum absolute atomic E-state index is 14.6. The van der Waals surface area contributed by atoms with E-state index in [0.29, 0.717) is 17.0 Å². The number of aromatic amines is 1. The molecular weight excluding hydrogens is 305 g/mol. The van der Waals surface area contributed by atoms with Crippen molar-refractivity contribution in [2.24, 2.45) is 0 Å². The van der Waals surface area contributed by atoms with Gasteiger partial charge in [-0.1, -0.05) is 30.3 Å². The molecule has 0 unspecified atom stereocenters. The SMILES string of the molecule is COc1cncc(F)c1-c1[nH]c2cccnc2c1-c1ccccc1. The number of H-pyrrole nitrogens is 1. The third-order valence-corrected chi connectivity index (χ3v) is 3.95. The molecule has 0 aliphatic heterocycles. The van der Waals surface area contributed by atoms with E-state index in [2.05, 4.69) is 15.0 Å². The molecule has 4 nitrogen and oxygen atoms in total. The quantitative estimate of drug-likeness (QED) is 0.607. The predicted molar refractivity (Wildman–Crippen MR) is 91.3 cm³/mol. The van der Waals surface area contributed by atoms with Crippen LogP contribution < -0.4 is 4.74 Å². The van der Waals surface area contributed by atoms with Crippen LogP contribution in [0.5, 0.6) is 5.75 Å². The van der Waals surface area contributed by atoms with Crippen LogP contribution in [0.25, 0.3) is 33.4 Å². The molecule has 3 aromatic heterocycles. The fraction of sp³-hybridized carbons (Fsp3) is 0.0526. The van der Waals surface area contributed by atoms with Crippen LogP contribution in [-0.4, -0.2) is 22.1 Å². The number of aromatic nitrogens is 3. The highest BCUT2D eigenvalue weighted by Gasteiger charge is 2.21. The van der Waals surface area contributed by atoms with Crippen LogP contribution in [0.3, 0.4) is 0 Å². The van der Waals surface area contributed by atoms with Gasteiger partial charge in [-0.15, -0.1) is 0 Å². The Kier molecular flexibility index (Phi) is 3.46. The second kappa shape index (κ2) is 5.77. The Morgan fingerprint density at radius 3 is 2.62 bits per heavy atom. The average molecular weight is 319 g/mol. The Morgan fingerprint density at radius 1 is 1.00 bits per heavy atom. The highest BCUT2D eigenvalue weighted by atomic mass is 19.1. The zero-order chi connectivity index (χ0) is 16.5. The number of hydrogen-bond acceptors (Lipinski definition) is 3. The summed E-state index contributed by atoms with van der Waals surface area (Å²) in [6.45, 7) is 0. The minimum atomic E-state index is -0.446. The summed E-state index contributed by atoms with van der Waals surface area (Å²) in [5.74, 6) is -0.0724. The number of pyridine rings is 2. The van der Waals surface area contributed by atoms with Gasteiger partial charge in [0.1, 0.15) is 5.75 Å². The first-order valence-electron chi connectivity index (χ1n) is 7.49. The molecule has 0 radical (unpaired) electrons. The molecule has 0 spiro atoms. The maximum atomic E-state index is 14.6. The van der Waals surface area contributed by atoms with Crippen molar-refractivity contribution in [1.29, 1.82) is 0 Å². The van der Waals surface area contributed by atoms with Crippen molar-refractivity contribution in [3.05, 3.63) is 66.9 Å². The van der Waals surface area contributed by atoms with Gasteiger partial charge in [0.2, 0.25) is 0 Å².